The number of aliphatic hydroxyl groups excluding tert-OH is 1. The van der Waals surface area contributed by atoms with Gasteiger partial charge in [-0.3, -0.25) is 4.98 Å². The first kappa shape index (κ1) is 15.4. The Kier molecular flexibility index (Phi) is 4.71. The lowest BCUT2D eigenvalue weighted by Crippen LogP contribution is -2.35. The Labute approximate surface area is 134 Å². The molecular weight excluding hydrogens is 303 g/mol. The van der Waals surface area contributed by atoms with Crippen LogP contribution in [0, 0.1) is 5.82 Å². The van der Waals surface area contributed by atoms with Crippen molar-refractivity contribution in [2.75, 3.05) is 0 Å². The molecule has 2 N–H and O–H groups in total. The molecule has 0 unspecified atom stereocenters. The molecule has 116 valence electrons. The smallest absolute Gasteiger partial charge is 0.141 e. The molecule has 3 atom stereocenters. The quantitative estimate of drug-likeness (QED) is 0.909. The lowest BCUT2D eigenvalue weighted by Gasteiger charge is -2.20. The molecule has 0 radical (unpaired) electrons. The van der Waals surface area contributed by atoms with E-state index in [1.54, 1.807) is 0 Å². The second-order valence-electron chi connectivity index (χ2n) is 5.76. The van der Waals surface area contributed by atoms with Gasteiger partial charge in [0.15, 0.2) is 0 Å². The van der Waals surface area contributed by atoms with E-state index in [0.717, 1.165) is 30.5 Å². The first-order valence-electron chi connectivity index (χ1n) is 7.41. The Bertz CT molecular complexity index is 635. The van der Waals surface area contributed by atoms with E-state index in [9.17, 15) is 9.50 Å². The van der Waals surface area contributed by atoms with Crippen LogP contribution in [0.4, 0.5) is 4.39 Å². The Morgan fingerprint density at radius 3 is 2.77 bits per heavy atom. The first-order valence-corrected chi connectivity index (χ1v) is 7.78. The fourth-order valence-electron chi connectivity index (χ4n) is 2.99. The number of hydrogen-bond acceptors (Lipinski definition) is 3. The normalized spacial score (nSPS) is 22.7. The fourth-order valence-corrected chi connectivity index (χ4v) is 3.11. The van der Waals surface area contributed by atoms with Crippen LogP contribution < -0.4 is 5.32 Å². The summed E-state index contributed by atoms with van der Waals surface area (Å²) in [6.45, 7) is 0. The predicted octanol–water partition coefficient (Wildman–Crippen LogP) is 3.27. The van der Waals surface area contributed by atoms with Crippen LogP contribution in [0.25, 0.3) is 0 Å². The van der Waals surface area contributed by atoms with Gasteiger partial charge in [0.1, 0.15) is 5.82 Å². The van der Waals surface area contributed by atoms with Crippen LogP contribution in [-0.4, -0.2) is 22.2 Å². The third kappa shape index (κ3) is 3.64. The Balaban J connectivity index is 1.61. The summed E-state index contributed by atoms with van der Waals surface area (Å²) in [6, 6.07) is 9.39. The van der Waals surface area contributed by atoms with E-state index >= 15 is 0 Å². The molecule has 0 bridgehead atoms. The lowest BCUT2D eigenvalue weighted by atomic mass is 10.0. The van der Waals surface area contributed by atoms with Crippen LogP contribution in [-0.2, 0) is 6.42 Å². The highest BCUT2D eigenvalue weighted by Gasteiger charge is 2.30. The zero-order valence-electron chi connectivity index (χ0n) is 12.0. The maximum absolute atomic E-state index is 13.2. The van der Waals surface area contributed by atoms with Gasteiger partial charge in [-0.2, -0.15) is 0 Å². The molecule has 1 fully saturated rings. The molecule has 1 aliphatic rings. The summed E-state index contributed by atoms with van der Waals surface area (Å²) in [5, 5.41) is 14.5. The van der Waals surface area contributed by atoms with Gasteiger partial charge in [0.05, 0.1) is 12.3 Å². The molecule has 2 aromatic rings. The van der Waals surface area contributed by atoms with Crippen LogP contribution in [0.2, 0.25) is 5.02 Å². The van der Waals surface area contributed by atoms with Crippen molar-refractivity contribution >= 4 is 11.6 Å². The Morgan fingerprint density at radius 2 is 2.05 bits per heavy atom. The number of hydrogen-bond donors (Lipinski definition) is 2. The van der Waals surface area contributed by atoms with Crippen molar-refractivity contribution < 1.29 is 9.50 Å². The molecule has 1 saturated heterocycles. The van der Waals surface area contributed by atoms with Gasteiger partial charge in [0.2, 0.25) is 0 Å². The number of aromatic nitrogens is 1. The highest BCUT2D eigenvalue weighted by Crippen LogP contribution is 2.26. The topological polar surface area (TPSA) is 45.2 Å². The standard InChI is InChI=1S/C17H18ClFN2O/c18-13-3-1-11(2-4-13)7-15-5-6-16(21-15)17(22)12-8-14(19)10-20-9-12/h1-4,8-10,15-17,21-22H,5-7H2/t15-,16-,17-/m1/s1. The summed E-state index contributed by atoms with van der Waals surface area (Å²) in [5.41, 5.74) is 1.73. The van der Waals surface area contributed by atoms with Gasteiger partial charge >= 0.3 is 0 Å². The van der Waals surface area contributed by atoms with Gasteiger partial charge in [-0.1, -0.05) is 23.7 Å². The summed E-state index contributed by atoms with van der Waals surface area (Å²) in [7, 11) is 0. The van der Waals surface area contributed by atoms with Crippen LogP contribution >= 0.6 is 11.6 Å². The monoisotopic (exact) mass is 320 g/mol. The maximum Gasteiger partial charge on any atom is 0.141 e. The maximum atomic E-state index is 13.2. The zero-order valence-corrected chi connectivity index (χ0v) is 12.8. The van der Waals surface area contributed by atoms with Gasteiger partial charge in [0.25, 0.3) is 0 Å². The van der Waals surface area contributed by atoms with Gasteiger partial charge in [-0.25, -0.2) is 4.39 Å². The minimum atomic E-state index is -0.738. The van der Waals surface area contributed by atoms with Gasteiger partial charge in [0, 0.05) is 28.9 Å². The summed E-state index contributed by atoms with van der Waals surface area (Å²) in [5.74, 6) is -0.424. The van der Waals surface area contributed by atoms with Crippen LogP contribution in [0.1, 0.15) is 30.1 Å². The van der Waals surface area contributed by atoms with Crippen molar-refractivity contribution in [3.63, 3.8) is 0 Å². The molecule has 22 heavy (non-hydrogen) atoms. The third-order valence-corrected chi connectivity index (χ3v) is 4.37. The molecule has 1 aromatic heterocycles. The number of nitrogens with zero attached hydrogens (tertiary/aromatic N) is 1. The SMILES string of the molecule is O[C@H](c1cncc(F)c1)[C@H]1CC[C@H](Cc2ccc(Cl)cc2)N1. The molecule has 0 amide bonds. The van der Waals surface area contributed by atoms with Crippen molar-refractivity contribution in [1.29, 1.82) is 0 Å². The number of rotatable bonds is 4. The van der Waals surface area contributed by atoms with E-state index in [4.69, 9.17) is 11.6 Å². The van der Waals surface area contributed by atoms with Crippen molar-refractivity contribution in [2.45, 2.75) is 37.5 Å². The number of nitrogens with one attached hydrogen (secondary N) is 1. The largest absolute Gasteiger partial charge is 0.387 e. The average molecular weight is 321 g/mol. The second kappa shape index (κ2) is 6.73. The van der Waals surface area contributed by atoms with Crippen molar-refractivity contribution in [3.8, 4) is 0 Å². The van der Waals surface area contributed by atoms with E-state index < -0.39 is 11.9 Å². The Hall–Kier alpha value is -1.49. The van der Waals surface area contributed by atoms with Crippen LogP contribution in [0.3, 0.4) is 0 Å². The molecule has 2 heterocycles. The highest BCUT2D eigenvalue weighted by molar-refractivity contribution is 6.30. The molecule has 1 aromatic carbocycles. The predicted molar refractivity (Wildman–Crippen MR) is 84.3 cm³/mol. The lowest BCUT2D eigenvalue weighted by molar-refractivity contribution is 0.134. The molecule has 3 rings (SSSR count). The minimum absolute atomic E-state index is 0.0686. The Morgan fingerprint density at radius 1 is 1.27 bits per heavy atom. The van der Waals surface area contributed by atoms with E-state index in [2.05, 4.69) is 10.3 Å². The number of pyridine rings is 1. The molecule has 0 spiro atoms. The van der Waals surface area contributed by atoms with E-state index in [-0.39, 0.29) is 6.04 Å². The van der Waals surface area contributed by atoms with Gasteiger partial charge < -0.3 is 10.4 Å². The van der Waals surface area contributed by atoms with Crippen LogP contribution in [0.5, 0.6) is 0 Å². The van der Waals surface area contributed by atoms with Crippen LogP contribution in [0.15, 0.2) is 42.7 Å². The van der Waals surface area contributed by atoms with E-state index in [1.807, 2.05) is 24.3 Å². The molecule has 1 aliphatic heterocycles. The molecule has 0 aliphatic carbocycles. The van der Waals surface area contributed by atoms with Crippen molar-refractivity contribution in [1.82, 2.24) is 10.3 Å². The van der Waals surface area contributed by atoms with E-state index in [1.165, 1.54) is 17.8 Å². The minimum Gasteiger partial charge on any atom is -0.387 e. The average Bonchev–Trinajstić information content (AvgIpc) is 2.97. The first-order chi connectivity index (χ1) is 10.6. The zero-order chi connectivity index (χ0) is 15.5. The molecule has 0 saturated carbocycles. The van der Waals surface area contributed by atoms with Gasteiger partial charge in [-0.05, 0) is 43.0 Å². The van der Waals surface area contributed by atoms with E-state index in [0.29, 0.717) is 11.6 Å². The molecule has 3 nitrogen and oxygen atoms in total. The molecular formula is C17H18ClFN2O. The number of benzene rings is 1. The van der Waals surface area contributed by atoms with Crippen molar-refractivity contribution in [3.05, 3.63) is 64.7 Å². The fraction of sp³-hybridized carbons (Fsp3) is 0.353. The van der Waals surface area contributed by atoms with Gasteiger partial charge in [-0.15, -0.1) is 0 Å². The highest BCUT2D eigenvalue weighted by atomic mass is 35.5. The molecule has 5 heteroatoms. The third-order valence-electron chi connectivity index (χ3n) is 4.12. The second-order valence-corrected chi connectivity index (χ2v) is 6.20. The summed E-state index contributed by atoms with van der Waals surface area (Å²) in [4.78, 5) is 3.80. The van der Waals surface area contributed by atoms with Crippen molar-refractivity contribution in [2.24, 2.45) is 0 Å². The number of halogens is 2. The summed E-state index contributed by atoms with van der Waals surface area (Å²) < 4.78 is 13.2. The number of aliphatic hydroxyl groups is 1. The summed E-state index contributed by atoms with van der Waals surface area (Å²) >= 11 is 5.89. The summed E-state index contributed by atoms with van der Waals surface area (Å²) in [6.07, 6.45) is 4.65.